The van der Waals surface area contributed by atoms with E-state index >= 15 is 0 Å². The summed E-state index contributed by atoms with van der Waals surface area (Å²) >= 11 is 0. The molecule has 68 valence electrons. The second-order valence-corrected chi connectivity index (χ2v) is 4.18. The fourth-order valence-electron chi connectivity index (χ4n) is 2.13. The highest BCUT2D eigenvalue weighted by Crippen LogP contribution is 2.38. The highest BCUT2D eigenvalue weighted by molar-refractivity contribution is 5.52. The van der Waals surface area contributed by atoms with Crippen LogP contribution in [0.5, 0.6) is 0 Å². The van der Waals surface area contributed by atoms with E-state index in [2.05, 4.69) is 51.2 Å². The van der Waals surface area contributed by atoms with E-state index in [1.54, 1.807) is 0 Å². The molecule has 2 aliphatic rings. The zero-order valence-corrected chi connectivity index (χ0v) is 8.54. The van der Waals surface area contributed by atoms with Crippen LogP contribution in [0.2, 0.25) is 0 Å². The molecule has 0 bridgehead atoms. The minimum Gasteiger partial charge on any atom is -0.0730 e. The predicted octanol–water partition coefficient (Wildman–Crippen LogP) is 3.64. The lowest BCUT2D eigenvalue weighted by atomic mass is 9.90. The van der Waals surface area contributed by atoms with Gasteiger partial charge in [0, 0.05) is 5.92 Å². The lowest BCUT2D eigenvalue weighted by Gasteiger charge is -2.14. The molecule has 2 aliphatic carbocycles. The first-order valence-corrected chi connectivity index (χ1v) is 4.97. The molecule has 0 heterocycles. The number of rotatable bonds is 1. The molecule has 0 amide bonds. The predicted molar refractivity (Wildman–Crippen MR) is 57.4 cm³/mol. The van der Waals surface area contributed by atoms with Crippen LogP contribution in [-0.2, 0) is 0 Å². The molecule has 0 aliphatic heterocycles. The summed E-state index contributed by atoms with van der Waals surface area (Å²) in [4.78, 5) is 0. The Hall–Kier alpha value is -1.04. The first-order chi connectivity index (χ1) is 6.20. The van der Waals surface area contributed by atoms with Crippen molar-refractivity contribution >= 4 is 0 Å². The van der Waals surface area contributed by atoms with Crippen LogP contribution >= 0.6 is 0 Å². The van der Waals surface area contributed by atoms with Crippen LogP contribution in [0.4, 0.5) is 0 Å². The van der Waals surface area contributed by atoms with Crippen molar-refractivity contribution in [1.29, 1.82) is 0 Å². The summed E-state index contributed by atoms with van der Waals surface area (Å²) in [5.41, 5.74) is 4.51. The van der Waals surface area contributed by atoms with Gasteiger partial charge >= 0.3 is 0 Å². The zero-order chi connectivity index (χ0) is 9.42. The Labute approximate surface area is 80.3 Å². The first-order valence-electron chi connectivity index (χ1n) is 4.97. The Morgan fingerprint density at radius 1 is 1.23 bits per heavy atom. The summed E-state index contributed by atoms with van der Waals surface area (Å²) in [5.74, 6) is 1.22. The standard InChI is InChI=1S/C13H16/c1-9(2)13-8-10(3)11-6-4-5-7-12(11)13/h4-9,11H,1-3H3. The molecule has 13 heavy (non-hydrogen) atoms. The van der Waals surface area contributed by atoms with Crippen molar-refractivity contribution in [1.82, 2.24) is 0 Å². The fourth-order valence-corrected chi connectivity index (χ4v) is 2.13. The minimum atomic E-state index is 0.572. The maximum Gasteiger partial charge on any atom is 0.0234 e. The number of hydrogen-bond donors (Lipinski definition) is 0. The molecule has 0 spiro atoms. The maximum atomic E-state index is 2.35. The Morgan fingerprint density at radius 3 is 2.69 bits per heavy atom. The van der Waals surface area contributed by atoms with Crippen LogP contribution in [0.15, 0.2) is 47.1 Å². The Kier molecular flexibility index (Phi) is 1.99. The summed E-state index contributed by atoms with van der Waals surface area (Å²) in [6.07, 6.45) is 11.2. The van der Waals surface area contributed by atoms with Crippen molar-refractivity contribution in [2.75, 3.05) is 0 Å². The van der Waals surface area contributed by atoms with Crippen molar-refractivity contribution in [3.8, 4) is 0 Å². The molecule has 0 aromatic rings. The van der Waals surface area contributed by atoms with E-state index in [1.807, 2.05) is 0 Å². The average Bonchev–Trinajstić information content (AvgIpc) is 2.45. The van der Waals surface area contributed by atoms with Gasteiger partial charge in [-0.15, -0.1) is 0 Å². The van der Waals surface area contributed by atoms with Crippen LogP contribution in [-0.4, -0.2) is 0 Å². The van der Waals surface area contributed by atoms with E-state index < -0.39 is 0 Å². The van der Waals surface area contributed by atoms with Gasteiger partial charge in [-0.05, 0) is 24.0 Å². The van der Waals surface area contributed by atoms with Crippen molar-refractivity contribution in [3.05, 3.63) is 47.1 Å². The third-order valence-electron chi connectivity index (χ3n) is 2.85. The van der Waals surface area contributed by atoms with Gasteiger partial charge in [0.25, 0.3) is 0 Å². The molecular weight excluding hydrogens is 156 g/mol. The van der Waals surface area contributed by atoms with E-state index in [0.29, 0.717) is 11.8 Å². The fraction of sp³-hybridized carbons (Fsp3) is 0.385. The SMILES string of the molecule is CC1=CC(C(C)C)=C2C=CC=CC12. The van der Waals surface area contributed by atoms with Crippen LogP contribution in [0.3, 0.4) is 0 Å². The Bertz CT molecular complexity index is 335. The molecule has 1 unspecified atom stereocenters. The third kappa shape index (κ3) is 1.31. The van der Waals surface area contributed by atoms with Gasteiger partial charge in [-0.3, -0.25) is 0 Å². The van der Waals surface area contributed by atoms with Crippen molar-refractivity contribution in [2.24, 2.45) is 11.8 Å². The van der Waals surface area contributed by atoms with E-state index in [4.69, 9.17) is 0 Å². The van der Waals surface area contributed by atoms with Crippen LogP contribution in [0, 0.1) is 11.8 Å². The molecule has 0 saturated heterocycles. The van der Waals surface area contributed by atoms with E-state index in [1.165, 1.54) is 16.7 Å². The highest BCUT2D eigenvalue weighted by Gasteiger charge is 2.23. The van der Waals surface area contributed by atoms with E-state index in [0.717, 1.165) is 0 Å². The molecule has 0 heteroatoms. The maximum absolute atomic E-state index is 2.35. The molecule has 1 atom stereocenters. The normalized spacial score (nSPS) is 25.5. The molecule has 2 rings (SSSR count). The quantitative estimate of drug-likeness (QED) is 0.566. The van der Waals surface area contributed by atoms with Crippen molar-refractivity contribution < 1.29 is 0 Å². The summed E-state index contributed by atoms with van der Waals surface area (Å²) in [5, 5.41) is 0. The highest BCUT2D eigenvalue weighted by atomic mass is 14.3. The largest absolute Gasteiger partial charge is 0.0730 e. The molecule has 0 saturated carbocycles. The lowest BCUT2D eigenvalue weighted by molar-refractivity contribution is 0.780. The van der Waals surface area contributed by atoms with Crippen LogP contribution in [0.25, 0.3) is 0 Å². The van der Waals surface area contributed by atoms with Gasteiger partial charge in [0.15, 0.2) is 0 Å². The molecule has 0 nitrogen and oxygen atoms in total. The summed E-state index contributed by atoms with van der Waals surface area (Å²) < 4.78 is 0. The Balaban J connectivity index is 2.45. The average molecular weight is 172 g/mol. The van der Waals surface area contributed by atoms with Gasteiger partial charge in [0.2, 0.25) is 0 Å². The molecule has 0 N–H and O–H groups in total. The van der Waals surface area contributed by atoms with Crippen LogP contribution in [0.1, 0.15) is 20.8 Å². The van der Waals surface area contributed by atoms with E-state index in [-0.39, 0.29) is 0 Å². The number of fused-ring (bicyclic) bond motifs is 1. The second-order valence-electron chi connectivity index (χ2n) is 4.18. The van der Waals surface area contributed by atoms with Crippen molar-refractivity contribution in [3.63, 3.8) is 0 Å². The first kappa shape index (κ1) is 8.55. The summed E-state index contributed by atoms with van der Waals surface area (Å²) in [6, 6.07) is 0. The topological polar surface area (TPSA) is 0 Å². The molecule has 0 aromatic carbocycles. The smallest absolute Gasteiger partial charge is 0.0234 e. The van der Waals surface area contributed by atoms with Gasteiger partial charge in [0.1, 0.15) is 0 Å². The zero-order valence-electron chi connectivity index (χ0n) is 8.54. The minimum absolute atomic E-state index is 0.572. The number of allylic oxidation sites excluding steroid dienone is 8. The van der Waals surface area contributed by atoms with Gasteiger partial charge in [-0.2, -0.15) is 0 Å². The van der Waals surface area contributed by atoms with Gasteiger partial charge in [-0.25, -0.2) is 0 Å². The molecule has 0 fully saturated rings. The monoisotopic (exact) mass is 172 g/mol. The Morgan fingerprint density at radius 2 is 2.00 bits per heavy atom. The van der Waals surface area contributed by atoms with Gasteiger partial charge in [0.05, 0.1) is 0 Å². The molecule has 0 radical (unpaired) electrons. The molecular formula is C13H16. The van der Waals surface area contributed by atoms with Crippen LogP contribution < -0.4 is 0 Å². The third-order valence-corrected chi connectivity index (χ3v) is 2.85. The van der Waals surface area contributed by atoms with Crippen molar-refractivity contribution in [2.45, 2.75) is 20.8 Å². The summed E-state index contributed by atoms with van der Waals surface area (Å²) in [7, 11) is 0. The van der Waals surface area contributed by atoms with Gasteiger partial charge in [-0.1, -0.05) is 49.8 Å². The summed E-state index contributed by atoms with van der Waals surface area (Å²) in [6.45, 7) is 6.75. The second kappa shape index (κ2) is 3.02. The number of hydrogen-bond acceptors (Lipinski definition) is 0. The van der Waals surface area contributed by atoms with E-state index in [9.17, 15) is 0 Å². The van der Waals surface area contributed by atoms with Gasteiger partial charge < -0.3 is 0 Å². The lowest BCUT2D eigenvalue weighted by Crippen LogP contribution is -2.01. The molecule has 0 aromatic heterocycles.